The van der Waals surface area contributed by atoms with Crippen molar-refractivity contribution in [2.75, 3.05) is 12.4 Å². The summed E-state index contributed by atoms with van der Waals surface area (Å²) < 4.78 is 10.9. The van der Waals surface area contributed by atoms with Crippen LogP contribution in [0.25, 0.3) is 10.6 Å². The summed E-state index contributed by atoms with van der Waals surface area (Å²) in [7, 11) is 1.60. The Morgan fingerprint density at radius 1 is 1.08 bits per heavy atom. The normalized spacial score (nSPS) is 11.6. The zero-order valence-electron chi connectivity index (χ0n) is 14.5. The third-order valence-corrected chi connectivity index (χ3v) is 4.56. The molecule has 0 radical (unpaired) electrons. The van der Waals surface area contributed by atoms with Crippen molar-refractivity contribution in [3.05, 3.63) is 54.6 Å². The lowest BCUT2D eigenvalue weighted by Crippen LogP contribution is -2.32. The number of nitrogens with one attached hydrogen (secondary N) is 1. The van der Waals surface area contributed by atoms with E-state index in [1.165, 1.54) is 11.3 Å². The molecule has 26 heavy (non-hydrogen) atoms. The summed E-state index contributed by atoms with van der Waals surface area (Å²) in [5, 5.41) is 12.2. The van der Waals surface area contributed by atoms with Gasteiger partial charge in [0, 0.05) is 5.56 Å². The topological polar surface area (TPSA) is 73.3 Å². The molecule has 0 aliphatic rings. The van der Waals surface area contributed by atoms with Crippen LogP contribution in [-0.4, -0.2) is 29.3 Å². The molecule has 0 aliphatic heterocycles. The zero-order valence-corrected chi connectivity index (χ0v) is 15.3. The number of hydrogen-bond acceptors (Lipinski definition) is 6. The lowest BCUT2D eigenvalue weighted by molar-refractivity contribution is -0.122. The van der Waals surface area contributed by atoms with Crippen LogP contribution < -0.4 is 14.8 Å². The molecule has 0 fully saturated rings. The second-order valence-corrected chi connectivity index (χ2v) is 6.44. The average molecular weight is 369 g/mol. The molecule has 1 atom stereocenters. The van der Waals surface area contributed by atoms with Crippen LogP contribution in [0.3, 0.4) is 0 Å². The van der Waals surface area contributed by atoms with Gasteiger partial charge in [-0.25, -0.2) is 0 Å². The molecule has 0 spiro atoms. The Hall–Kier alpha value is -2.93. The fourth-order valence-corrected chi connectivity index (χ4v) is 3.05. The van der Waals surface area contributed by atoms with E-state index in [0.717, 1.165) is 16.3 Å². The lowest BCUT2D eigenvalue weighted by Gasteiger charge is -2.16. The number of nitrogens with zero attached hydrogens (tertiary/aromatic N) is 2. The Bertz CT molecular complexity index is 850. The number of ether oxygens (including phenoxy) is 2. The predicted octanol–water partition coefficient (Wildman–Crippen LogP) is 4.01. The van der Waals surface area contributed by atoms with Crippen molar-refractivity contribution in [1.82, 2.24) is 10.2 Å². The van der Waals surface area contributed by atoms with Crippen molar-refractivity contribution in [1.29, 1.82) is 0 Å². The Balaban J connectivity index is 1.64. The molecule has 134 valence electrons. The fraction of sp³-hybridized carbons (Fsp3) is 0.211. The van der Waals surface area contributed by atoms with Crippen LogP contribution in [0.15, 0.2) is 54.6 Å². The highest BCUT2D eigenvalue weighted by Gasteiger charge is 2.20. The molecule has 0 bridgehead atoms. The molecule has 6 nitrogen and oxygen atoms in total. The van der Waals surface area contributed by atoms with Gasteiger partial charge in [0.1, 0.15) is 16.5 Å². The monoisotopic (exact) mass is 369 g/mol. The minimum absolute atomic E-state index is 0.251. The van der Waals surface area contributed by atoms with Crippen molar-refractivity contribution in [2.24, 2.45) is 0 Å². The van der Waals surface area contributed by atoms with Crippen LogP contribution >= 0.6 is 11.3 Å². The number of aromatic nitrogens is 2. The Labute approximate surface area is 155 Å². The number of benzene rings is 2. The van der Waals surface area contributed by atoms with E-state index in [2.05, 4.69) is 15.5 Å². The molecule has 3 aromatic rings. The van der Waals surface area contributed by atoms with E-state index >= 15 is 0 Å². The second-order valence-electron chi connectivity index (χ2n) is 5.46. The highest BCUT2D eigenvalue weighted by Crippen LogP contribution is 2.26. The number of rotatable bonds is 7. The van der Waals surface area contributed by atoms with Crippen molar-refractivity contribution >= 4 is 22.4 Å². The molecule has 0 saturated heterocycles. The van der Waals surface area contributed by atoms with Crippen LogP contribution in [0.4, 0.5) is 5.13 Å². The minimum Gasteiger partial charge on any atom is -0.497 e. The summed E-state index contributed by atoms with van der Waals surface area (Å²) in [4.78, 5) is 12.5. The van der Waals surface area contributed by atoms with Gasteiger partial charge in [-0.15, -0.1) is 10.2 Å². The van der Waals surface area contributed by atoms with Crippen LogP contribution in [0.5, 0.6) is 11.5 Å². The number of amides is 1. The maximum atomic E-state index is 12.5. The Morgan fingerprint density at radius 3 is 2.42 bits per heavy atom. The maximum Gasteiger partial charge on any atom is 0.267 e. The largest absolute Gasteiger partial charge is 0.497 e. The van der Waals surface area contributed by atoms with E-state index in [0.29, 0.717) is 17.3 Å². The summed E-state index contributed by atoms with van der Waals surface area (Å²) >= 11 is 1.33. The van der Waals surface area contributed by atoms with E-state index < -0.39 is 6.10 Å². The standard InChI is InChI=1S/C19H19N3O3S/c1-3-16(25-15-11-9-14(24-2)10-12-15)17(23)20-19-22-21-18(26-19)13-7-5-4-6-8-13/h4-12,16H,3H2,1-2H3,(H,20,22,23)/t16-/m0/s1. The van der Waals surface area contributed by atoms with E-state index in [4.69, 9.17) is 9.47 Å². The van der Waals surface area contributed by atoms with E-state index in [-0.39, 0.29) is 5.91 Å². The smallest absolute Gasteiger partial charge is 0.267 e. The zero-order chi connectivity index (χ0) is 18.4. The molecule has 0 aliphatic carbocycles. The molecule has 1 amide bonds. The van der Waals surface area contributed by atoms with Crippen LogP contribution in [0, 0.1) is 0 Å². The molecular weight excluding hydrogens is 350 g/mol. The number of carbonyl (C=O) groups excluding carboxylic acids is 1. The second kappa shape index (κ2) is 8.44. The SMILES string of the molecule is CC[C@H](Oc1ccc(OC)cc1)C(=O)Nc1nnc(-c2ccccc2)s1. The Morgan fingerprint density at radius 2 is 1.77 bits per heavy atom. The van der Waals surface area contributed by atoms with Gasteiger partial charge in [0.15, 0.2) is 6.10 Å². The number of methoxy groups -OCH3 is 1. The fourth-order valence-electron chi connectivity index (χ4n) is 2.30. The molecule has 2 aromatic carbocycles. The van der Waals surface area contributed by atoms with Gasteiger partial charge in [-0.2, -0.15) is 0 Å². The van der Waals surface area contributed by atoms with Gasteiger partial charge >= 0.3 is 0 Å². The quantitative estimate of drug-likeness (QED) is 0.681. The first-order valence-corrected chi connectivity index (χ1v) is 9.01. The van der Waals surface area contributed by atoms with Crippen LogP contribution in [-0.2, 0) is 4.79 Å². The van der Waals surface area contributed by atoms with E-state index in [1.807, 2.05) is 37.3 Å². The van der Waals surface area contributed by atoms with Gasteiger partial charge in [-0.1, -0.05) is 48.6 Å². The van der Waals surface area contributed by atoms with Gasteiger partial charge in [-0.3, -0.25) is 10.1 Å². The first-order chi connectivity index (χ1) is 12.7. The van der Waals surface area contributed by atoms with Gasteiger partial charge in [0.25, 0.3) is 5.91 Å². The summed E-state index contributed by atoms with van der Waals surface area (Å²) in [6.45, 7) is 1.89. The van der Waals surface area contributed by atoms with E-state index in [1.54, 1.807) is 31.4 Å². The van der Waals surface area contributed by atoms with Gasteiger partial charge < -0.3 is 9.47 Å². The highest BCUT2D eigenvalue weighted by atomic mass is 32.1. The molecule has 0 saturated carbocycles. The summed E-state index contributed by atoms with van der Waals surface area (Å²) in [6, 6.07) is 16.8. The van der Waals surface area contributed by atoms with Crippen LogP contribution in [0.2, 0.25) is 0 Å². The van der Waals surface area contributed by atoms with Gasteiger partial charge in [-0.05, 0) is 30.7 Å². The average Bonchev–Trinajstić information content (AvgIpc) is 3.15. The third-order valence-electron chi connectivity index (χ3n) is 3.68. The minimum atomic E-state index is -0.618. The predicted molar refractivity (Wildman–Crippen MR) is 102 cm³/mol. The molecule has 7 heteroatoms. The van der Waals surface area contributed by atoms with Crippen molar-refractivity contribution in [3.8, 4) is 22.1 Å². The molecular formula is C19H19N3O3S. The third kappa shape index (κ3) is 4.37. The van der Waals surface area contributed by atoms with E-state index in [9.17, 15) is 4.79 Å². The number of carbonyl (C=O) groups is 1. The van der Waals surface area contributed by atoms with Crippen LogP contribution in [0.1, 0.15) is 13.3 Å². The number of hydrogen-bond donors (Lipinski definition) is 1. The highest BCUT2D eigenvalue weighted by molar-refractivity contribution is 7.18. The molecule has 1 heterocycles. The van der Waals surface area contributed by atoms with Crippen molar-refractivity contribution in [2.45, 2.75) is 19.4 Å². The van der Waals surface area contributed by atoms with Crippen molar-refractivity contribution < 1.29 is 14.3 Å². The summed E-state index contributed by atoms with van der Waals surface area (Å²) in [6.07, 6.45) is -0.0881. The number of anilines is 1. The first-order valence-electron chi connectivity index (χ1n) is 8.20. The molecule has 1 aromatic heterocycles. The lowest BCUT2D eigenvalue weighted by atomic mass is 10.2. The molecule has 3 rings (SSSR count). The summed E-state index contributed by atoms with van der Waals surface area (Å²) in [5.41, 5.74) is 0.965. The van der Waals surface area contributed by atoms with Gasteiger partial charge in [0.2, 0.25) is 5.13 Å². The maximum absolute atomic E-state index is 12.5. The van der Waals surface area contributed by atoms with Crippen molar-refractivity contribution in [3.63, 3.8) is 0 Å². The summed E-state index contributed by atoms with van der Waals surface area (Å²) in [5.74, 6) is 1.09. The molecule has 1 N–H and O–H groups in total. The van der Waals surface area contributed by atoms with Gasteiger partial charge in [0.05, 0.1) is 7.11 Å². The Kier molecular flexibility index (Phi) is 5.80. The molecule has 0 unspecified atom stereocenters. The first kappa shape index (κ1) is 17.9.